The Labute approximate surface area is 160 Å². The third kappa shape index (κ3) is 3.12. The topological polar surface area (TPSA) is 74.6 Å². The van der Waals surface area contributed by atoms with Gasteiger partial charge in [-0.2, -0.15) is 0 Å². The number of hydrogen-bond donors (Lipinski definition) is 2. The van der Waals surface area contributed by atoms with E-state index in [0.717, 1.165) is 0 Å². The van der Waals surface area contributed by atoms with Crippen LogP contribution in [0.2, 0.25) is 0 Å². The lowest BCUT2D eigenvalue weighted by Crippen LogP contribution is -1.99. The first-order valence-electron chi connectivity index (χ1n) is 8.74. The maximum absolute atomic E-state index is 10.3. The van der Waals surface area contributed by atoms with Gasteiger partial charge >= 0.3 is 11.9 Å². The van der Waals surface area contributed by atoms with Crippen molar-refractivity contribution in [3.8, 4) is 0 Å². The van der Waals surface area contributed by atoms with Crippen LogP contribution >= 0.6 is 0 Å². The highest BCUT2D eigenvalue weighted by molar-refractivity contribution is 6.22. The molecule has 0 unspecified atom stereocenters. The van der Waals surface area contributed by atoms with Crippen molar-refractivity contribution in [3.63, 3.8) is 0 Å². The largest absolute Gasteiger partial charge is 0.478 e. The van der Waals surface area contributed by atoms with Gasteiger partial charge in [0.05, 0.1) is 11.1 Å². The molecule has 0 saturated carbocycles. The van der Waals surface area contributed by atoms with Gasteiger partial charge < -0.3 is 10.2 Å². The Morgan fingerprint density at radius 2 is 0.750 bits per heavy atom. The van der Waals surface area contributed by atoms with E-state index in [1.165, 1.54) is 56.6 Å². The van der Waals surface area contributed by atoms with E-state index in [2.05, 4.69) is 60.7 Å². The molecule has 2 N–H and O–H groups in total. The molecular weight excluding hydrogens is 352 g/mol. The van der Waals surface area contributed by atoms with Gasteiger partial charge in [-0.05, 0) is 56.6 Å². The number of rotatable bonds is 2. The summed E-state index contributed by atoms with van der Waals surface area (Å²) in [6.45, 7) is 0. The highest BCUT2D eigenvalue weighted by Crippen LogP contribution is 2.33. The molecule has 5 aromatic rings. The molecule has 0 spiro atoms. The van der Waals surface area contributed by atoms with Crippen molar-refractivity contribution in [3.05, 3.63) is 96.1 Å². The van der Waals surface area contributed by atoms with Crippen LogP contribution in [0.25, 0.3) is 32.3 Å². The fraction of sp³-hybridized carbons (Fsp3) is 0. The molecule has 0 bridgehead atoms. The Morgan fingerprint density at radius 3 is 1.00 bits per heavy atom. The molecule has 0 aliphatic heterocycles. The quantitative estimate of drug-likeness (QED) is 0.394. The fourth-order valence-electron chi connectivity index (χ4n) is 3.42. The first-order chi connectivity index (χ1) is 13.5. The smallest absolute Gasteiger partial charge is 0.335 e. The van der Waals surface area contributed by atoms with Gasteiger partial charge in [0.1, 0.15) is 0 Å². The third-order valence-corrected chi connectivity index (χ3v) is 4.77. The molecule has 0 fully saturated rings. The average Bonchev–Trinajstić information content (AvgIpc) is 2.73. The highest BCUT2D eigenvalue weighted by Gasteiger charge is 2.06. The van der Waals surface area contributed by atoms with E-state index in [1.54, 1.807) is 0 Å². The van der Waals surface area contributed by atoms with Crippen LogP contribution in [-0.4, -0.2) is 22.2 Å². The van der Waals surface area contributed by atoms with Crippen LogP contribution in [0.15, 0.2) is 84.9 Å². The van der Waals surface area contributed by atoms with Gasteiger partial charge in [0.2, 0.25) is 0 Å². The molecule has 4 nitrogen and oxygen atoms in total. The van der Waals surface area contributed by atoms with Gasteiger partial charge in [-0.15, -0.1) is 0 Å². The zero-order chi connectivity index (χ0) is 19.7. The molecule has 5 rings (SSSR count). The Kier molecular flexibility index (Phi) is 4.38. The minimum atomic E-state index is -1.06. The van der Waals surface area contributed by atoms with Crippen molar-refractivity contribution in [2.75, 3.05) is 0 Å². The summed E-state index contributed by atoms with van der Waals surface area (Å²) in [5, 5.41) is 25.1. The van der Waals surface area contributed by atoms with Crippen LogP contribution in [0.4, 0.5) is 0 Å². The molecule has 28 heavy (non-hydrogen) atoms. The minimum absolute atomic E-state index is 0.0833. The molecule has 0 aromatic heterocycles. The maximum atomic E-state index is 10.3. The molecule has 5 aromatic carbocycles. The van der Waals surface area contributed by atoms with E-state index in [0.29, 0.717) is 0 Å². The summed E-state index contributed by atoms with van der Waals surface area (Å²) in [5.41, 5.74) is 0.167. The van der Waals surface area contributed by atoms with E-state index < -0.39 is 11.9 Å². The van der Waals surface area contributed by atoms with Crippen LogP contribution < -0.4 is 0 Å². The van der Waals surface area contributed by atoms with Gasteiger partial charge in [-0.1, -0.05) is 60.7 Å². The van der Waals surface area contributed by atoms with Crippen molar-refractivity contribution in [1.82, 2.24) is 0 Å². The van der Waals surface area contributed by atoms with Crippen LogP contribution in [0.3, 0.4) is 0 Å². The molecule has 0 saturated heterocycles. The standard InChI is InChI=1S/C16H10.C8H6O4/c1-3-11-7-9-13-5-2-6-14-10-8-12(4-1)15(11)16(13)14;9-7(10)5-1-2-6(4-3-5)8(11)12/h1-10H;1-4H,(H,9,10)(H,11,12). The number of benzene rings is 5. The minimum Gasteiger partial charge on any atom is -0.478 e. The van der Waals surface area contributed by atoms with E-state index in [9.17, 15) is 9.59 Å². The van der Waals surface area contributed by atoms with Gasteiger partial charge in [-0.3, -0.25) is 0 Å². The summed E-state index contributed by atoms with van der Waals surface area (Å²) < 4.78 is 0. The third-order valence-electron chi connectivity index (χ3n) is 4.77. The summed E-state index contributed by atoms with van der Waals surface area (Å²) in [6, 6.07) is 26.9. The second kappa shape index (κ2) is 7.00. The predicted octanol–water partition coefficient (Wildman–Crippen LogP) is 5.67. The summed E-state index contributed by atoms with van der Waals surface area (Å²) >= 11 is 0. The number of hydrogen-bond acceptors (Lipinski definition) is 2. The Hall–Kier alpha value is -3.92. The van der Waals surface area contributed by atoms with E-state index in [-0.39, 0.29) is 11.1 Å². The Balaban J connectivity index is 0.000000145. The first-order valence-corrected chi connectivity index (χ1v) is 8.74. The molecule has 0 aliphatic carbocycles. The first kappa shape index (κ1) is 17.5. The number of carboxylic acid groups (broad SMARTS) is 2. The predicted molar refractivity (Wildman–Crippen MR) is 111 cm³/mol. The lowest BCUT2D eigenvalue weighted by molar-refractivity contribution is 0.0681. The lowest BCUT2D eigenvalue weighted by atomic mass is 9.95. The summed E-state index contributed by atoms with van der Waals surface area (Å²) in [7, 11) is 0. The second-order valence-corrected chi connectivity index (χ2v) is 6.48. The van der Waals surface area contributed by atoms with Gasteiger partial charge in [0.25, 0.3) is 0 Å². The second-order valence-electron chi connectivity index (χ2n) is 6.48. The lowest BCUT2D eigenvalue weighted by Gasteiger charge is -2.09. The summed E-state index contributed by atoms with van der Waals surface area (Å²) in [6.07, 6.45) is 0. The molecule has 0 aliphatic rings. The monoisotopic (exact) mass is 368 g/mol. The van der Waals surface area contributed by atoms with Crippen LogP contribution in [0.1, 0.15) is 20.7 Å². The van der Waals surface area contributed by atoms with Crippen molar-refractivity contribution < 1.29 is 19.8 Å². The summed E-state index contributed by atoms with van der Waals surface area (Å²) in [5.74, 6) is -2.13. The van der Waals surface area contributed by atoms with Crippen molar-refractivity contribution in [2.24, 2.45) is 0 Å². The van der Waals surface area contributed by atoms with Crippen LogP contribution in [0, 0.1) is 0 Å². The Bertz CT molecular complexity index is 1140. The normalized spacial score (nSPS) is 10.7. The molecule has 0 radical (unpaired) electrons. The zero-order valence-corrected chi connectivity index (χ0v) is 14.8. The van der Waals surface area contributed by atoms with E-state index >= 15 is 0 Å². The number of carbonyl (C=O) groups is 2. The molecule has 0 heterocycles. The zero-order valence-electron chi connectivity index (χ0n) is 14.8. The molecule has 136 valence electrons. The van der Waals surface area contributed by atoms with E-state index in [4.69, 9.17) is 10.2 Å². The molecule has 0 atom stereocenters. The van der Waals surface area contributed by atoms with Crippen LogP contribution in [-0.2, 0) is 0 Å². The van der Waals surface area contributed by atoms with E-state index in [1.807, 2.05) is 0 Å². The maximum Gasteiger partial charge on any atom is 0.335 e. The molecule has 4 heteroatoms. The van der Waals surface area contributed by atoms with Gasteiger partial charge in [0.15, 0.2) is 0 Å². The average molecular weight is 368 g/mol. The van der Waals surface area contributed by atoms with Gasteiger partial charge in [-0.25, -0.2) is 9.59 Å². The van der Waals surface area contributed by atoms with Crippen molar-refractivity contribution >= 4 is 44.3 Å². The summed E-state index contributed by atoms with van der Waals surface area (Å²) in [4.78, 5) is 20.7. The SMILES string of the molecule is O=C(O)c1ccc(C(=O)O)cc1.c1cc2ccc3cccc4ccc(c1)c2c34. The van der Waals surface area contributed by atoms with Crippen molar-refractivity contribution in [2.45, 2.75) is 0 Å². The molecular formula is C24H16O4. The number of carboxylic acids is 2. The van der Waals surface area contributed by atoms with Gasteiger partial charge in [0, 0.05) is 0 Å². The molecule has 0 amide bonds. The number of aromatic carboxylic acids is 2. The highest BCUT2D eigenvalue weighted by atomic mass is 16.4. The van der Waals surface area contributed by atoms with Crippen molar-refractivity contribution in [1.29, 1.82) is 0 Å². The fourth-order valence-corrected chi connectivity index (χ4v) is 3.42. The van der Waals surface area contributed by atoms with Crippen LogP contribution in [0.5, 0.6) is 0 Å². The Morgan fingerprint density at radius 1 is 0.464 bits per heavy atom.